The zero-order valence-electron chi connectivity index (χ0n) is 28.5. The molecular formula is C34H44F3N9O3S. The second-order valence-electron chi connectivity index (χ2n) is 14.6. The highest BCUT2D eigenvalue weighted by Gasteiger charge is 2.46. The van der Waals surface area contributed by atoms with Crippen LogP contribution in [0.4, 0.5) is 24.3 Å². The maximum absolute atomic E-state index is 14.0. The van der Waals surface area contributed by atoms with Crippen molar-refractivity contribution in [3.8, 4) is 11.4 Å². The van der Waals surface area contributed by atoms with Crippen LogP contribution in [0.2, 0.25) is 0 Å². The molecule has 0 radical (unpaired) electrons. The minimum absolute atomic E-state index is 0.112. The van der Waals surface area contributed by atoms with E-state index in [-0.39, 0.29) is 29.0 Å². The highest BCUT2D eigenvalue weighted by Crippen LogP contribution is 2.46. The largest absolute Gasteiger partial charge is 0.471 e. The first-order valence-corrected chi connectivity index (χ1v) is 18.5. The Balaban J connectivity index is 1.12. The fourth-order valence-corrected chi connectivity index (χ4v) is 8.91. The summed E-state index contributed by atoms with van der Waals surface area (Å²) in [4.78, 5) is 43.2. The number of ether oxygens (including phenoxy) is 1. The number of hydrogen-bond donors (Lipinski definition) is 2. The van der Waals surface area contributed by atoms with E-state index in [0.717, 1.165) is 47.5 Å². The number of likely N-dealkylation sites (tertiary alicyclic amines) is 1. The Kier molecular flexibility index (Phi) is 9.62. The SMILES string of the molecule is CC1(C)Cc2cnc(N)nc2-c2c1c(C(=O)Nc1nc(CN(C(=O)C(F)(F)F)C3CCN(C4CCCCC4)CC3)cs1)nn2C1CCCCO1. The number of thiazole rings is 1. The van der Waals surface area contributed by atoms with Crippen LogP contribution in [0.25, 0.3) is 11.4 Å². The number of fused-ring (bicyclic) bond motifs is 3. The number of aromatic nitrogens is 5. The minimum Gasteiger partial charge on any atom is -0.368 e. The van der Waals surface area contributed by atoms with Gasteiger partial charge in [0, 0.05) is 48.9 Å². The summed E-state index contributed by atoms with van der Waals surface area (Å²) >= 11 is 1.10. The Hall–Kier alpha value is -3.63. The average Bonchev–Trinajstić information content (AvgIpc) is 3.73. The molecule has 0 spiro atoms. The van der Waals surface area contributed by atoms with Gasteiger partial charge in [0.2, 0.25) is 5.95 Å². The molecule has 2 aliphatic heterocycles. The maximum atomic E-state index is 14.0. The maximum Gasteiger partial charge on any atom is 0.471 e. The Labute approximate surface area is 293 Å². The number of alkyl halides is 3. The summed E-state index contributed by atoms with van der Waals surface area (Å²) in [5.41, 5.74) is 8.83. The van der Waals surface area contributed by atoms with Crippen molar-refractivity contribution in [2.75, 3.05) is 30.7 Å². The third-order valence-electron chi connectivity index (χ3n) is 10.6. The van der Waals surface area contributed by atoms with Gasteiger partial charge in [-0.05, 0) is 62.3 Å². The fraction of sp³-hybridized carbons (Fsp3) is 0.647. The molecule has 7 rings (SSSR count). The van der Waals surface area contributed by atoms with E-state index in [4.69, 9.17) is 15.6 Å². The summed E-state index contributed by atoms with van der Waals surface area (Å²) in [6.45, 7) is 5.66. The monoisotopic (exact) mass is 715 g/mol. The van der Waals surface area contributed by atoms with Gasteiger partial charge < -0.3 is 20.3 Å². The number of piperidine rings is 1. The van der Waals surface area contributed by atoms with Crippen LogP contribution in [0.15, 0.2) is 11.6 Å². The Morgan fingerprint density at radius 1 is 1.08 bits per heavy atom. The standard InChI is InChI=1S/C34H44F3N9O3S/c1-33(2)16-20-17-39-31(38)41-26(20)28-25(33)27(43-46(28)24-10-6-7-15-49-24)29(47)42-32-40-21(19-50-32)18-45(30(48)34(35,36)37)23-11-13-44(14-12-23)22-8-4-3-5-9-22/h17,19,22-24H,3-16,18H2,1-2H3,(H2,38,39,41)(H,40,42,47). The first-order valence-electron chi connectivity index (χ1n) is 17.6. The molecule has 0 aromatic carbocycles. The van der Waals surface area contributed by atoms with Gasteiger partial charge in [-0.3, -0.25) is 14.9 Å². The number of nitrogen functional groups attached to an aromatic ring is 1. The van der Waals surface area contributed by atoms with Crippen molar-refractivity contribution in [2.24, 2.45) is 0 Å². The quantitative estimate of drug-likeness (QED) is 0.308. The molecule has 1 unspecified atom stereocenters. The van der Waals surface area contributed by atoms with E-state index in [0.29, 0.717) is 68.4 Å². The van der Waals surface area contributed by atoms with Crippen LogP contribution in [0.3, 0.4) is 0 Å². The lowest BCUT2D eigenvalue weighted by atomic mass is 9.73. The van der Waals surface area contributed by atoms with E-state index in [1.165, 1.54) is 19.3 Å². The van der Waals surface area contributed by atoms with Gasteiger partial charge in [-0.1, -0.05) is 33.1 Å². The number of anilines is 2. The lowest BCUT2D eigenvalue weighted by Gasteiger charge is -2.42. The van der Waals surface area contributed by atoms with Gasteiger partial charge in [-0.2, -0.15) is 18.3 Å². The lowest BCUT2D eigenvalue weighted by Crippen LogP contribution is -2.52. The van der Waals surface area contributed by atoms with Crippen LogP contribution < -0.4 is 11.1 Å². The second kappa shape index (κ2) is 13.8. The molecule has 3 fully saturated rings. The van der Waals surface area contributed by atoms with Gasteiger partial charge in [0.15, 0.2) is 17.1 Å². The molecule has 3 N–H and O–H groups in total. The number of halogens is 3. The van der Waals surface area contributed by atoms with Gasteiger partial charge in [0.05, 0.1) is 23.6 Å². The zero-order valence-corrected chi connectivity index (χ0v) is 29.3. The van der Waals surface area contributed by atoms with Gasteiger partial charge >= 0.3 is 12.1 Å². The smallest absolute Gasteiger partial charge is 0.368 e. The molecule has 50 heavy (non-hydrogen) atoms. The number of rotatable bonds is 7. The summed E-state index contributed by atoms with van der Waals surface area (Å²) in [6, 6.07) is -0.0794. The molecule has 12 nitrogen and oxygen atoms in total. The fourth-order valence-electron chi connectivity index (χ4n) is 8.21. The van der Waals surface area contributed by atoms with Crippen molar-refractivity contribution in [3.05, 3.63) is 34.1 Å². The van der Waals surface area contributed by atoms with Crippen molar-refractivity contribution >= 4 is 34.2 Å². The number of nitrogens with two attached hydrogens (primary N) is 1. The highest BCUT2D eigenvalue weighted by molar-refractivity contribution is 7.14. The molecule has 5 heterocycles. The molecule has 2 saturated heterocycles. The Morgan fingerprint density at radius 3 is 2.52 bits per heavy atom. The van der Waals surface area contributed by atoms with Gasteiger partial charge in [0.1, 0.15) is 0 Å². The average molecular weight is 716 g/mol. The van der Waals surface area contributed by atoms with Crippen LogP contribution in [-0.2, 0) is 27.9 Å². The van der Waals surface area contributed by atoms with Crippen molar-refractivity contribution < 1.29 is 27.5 Å². The zero-order chi connectivity index (χ0) is 35.2. The molecule has 4 aliphatic rings. The molecule has 2 aliphatic carbocycles. The molecule has 3 aromatic rings. The summed E-state index contributed by atoms with van der Waals surface area (Å²) < 4.78 is 49.3. The van der Waals surface area contributed by atoms with E-state index in [9.17, 15) is 22.8 Å². The third kappa shape index (κ3) is 6.98. The minimum atomic E-state index is -5.01. The molecular weight excluding hydrogens is 671 g/mol. The van der Waals surface area contributed by atoms with E-state index in [1.54, 1.807) is 16.3 Å². The number of nitrogens with one attached hydrogen (secondary N) is 1. The molecule has 1 saturated carbocycles. The van der Waals surface area contributed by atoms with E-state index in [2.05, 4.69) is 25.2 Å². The van der Waals surface area contributed by atoms with E-state index >= 15 is 0 Å². The number of hydrogen-bond acceptors (Lipinski definition) is 10. The molecule has 1 atom stereocenters. The van der Waals surface area contributed by atoms with Crippen molar-refractivity contribution in [1.82, 2.24) is 34.5 Å². The van der Waals surface area contributed by atoms with E-state index in [1.807, 2.05) is 13.8 Å². The van der Waals surface area contributed by atoms with Crippen LogP contribution in [0.1, 0.15) is 112 Å². The summed E-state index contributed by atoms with van der Waals surface area (Å²) in [7, 11) is 0. The number of amides is 2. The lowest BCUT2D eigenvalue weighted by molar-refractivity contribution is -0.189. The third-order valence-corrected chi connectivity index (χ3v) is 11.4. The Morgan fingerprint density at radius 2 is 1.82 bits per heavy atom. The highest BCUT2D eigenvalue weighted by atomic mass is 32.1. The van der Waals surface area contributed by atoms with Crippen molar-refractivity contribution in [3.63, 3.8) is 0 Å². The van der Waals surface area contributed by atoms with E-state index < -0.39 is 35.7 Å². The van der Waals surface area contributed by atoms with Crippen LogP contribution >= 0.6 is 11.3 Å². The summed E-state index contributed by atoms with van der Waals surface area (Å²) in [5.74, 6) is -2.25. The van der Waals surface area contributed by atoms with Gasteiger partial charge in [0.25, 0.3) is 5.91 Å². The Bertz CT molecular complexity index is 1720. The summed E-state index contributed by atoms with van der Waals surface area (Å²) in [6.07, 6.45) is 6.24. The molecule has 270 valence electrons. The van der Waals surface area contributed by atoms with Gasteiger partial charge in [-0.25, -0.2) is 19.6 Å². The number of nitrogens with zero attached hydrogens (tertiary/aromatic N) is 7. The summed E-state index contributed by atoms with van der Waals surface area (Å²) in [5, 5.41) is 9.44. The molecule has 16 heteroatoms. The van der Waals surface area contributed by atoms with Crippen LogP contribution in [-0.4, -0.2) is 84.3 Å². The number of carbonyl (C=O) groups excluding carboxylic acids is 2. The molecule has 2 amide bonds. The first kappa shape index (κ1) is 34.8. The second-order valence-corrected chi connectivity index (χ2v) is 15.4. The predicted octanol–water partition coefficient (Wildman–Crippen LogP) is 5.85. The van der Waals surface area contributed by atoms with Crippen molar-refractivity contribution in [2.45, 2.75) is 121 Å². The normalized spacial score (nSPS) is 21.7. The molecule has 0 bridgehead atoms. The van der Waals surface area contributed by atoms with Gasteiger partial charge in [-0.15, -0.1) is 11.3 Å². The molecule has 3 aromatic heterocycles. The predicted molar refractivity (Wildman–Crippen MR) is 181 cm³/mol. The topological polar surface area (TPSA) is 144 Å². The van der Waals surface area contributed by atoms with Crippen molar-refractivity contribution in [1.29, 1.82) is 0 Å². The van der Waals surface area contributed by atoms with Crippen LogP contribution in [0, 0.1) is 0 Å². The first-order chi connectivity index (χ1) is 23.9. The van der Waals surface area contributed by atoms with Crippen LogP contribution in [0.5, 0.6) is 0 Å². The number of carbonyl (C=O) groups is 2.